The van der Waals surface area contributed by atoms with Crippen molar-refractivity contribution < 1.29 is 60.8 Å². The predicted molar refractivity (Wildman–Crippen MR) is 205 cm³/mol. The quantitative estimate of drug-likeness (QED) is 0.110. The number of carboxylic acids is 1. The van der Waals surface area contributed by atoms with Crippen molar-refractivity contribution in [3.8, 4) is 0 Å². The van der Waals surface area contributed by atoms with Gasteiger partial charge in [-0.15, -0.1) is 0 Å². The van der Waals surface area contributed by atoms with Gasteiger partial charge in [-0.3, -0.25) is 14.4 Å². The lowest BCUT2D eigenvalue weighted by Gasteiger charge is -2.44. The van der Waals surface area contributed by atoms with Gasteiger partial charge in [-0.05, 0) is 52.7 Å². The number of ketones is 1. The van der Waals surface area contributed by atoms with Crippen LogP contribution in [0.5, 0.6) is 0 Å². The predicted octanol–water partition coefficient (Wildman–Crippen LogP) is 7.06. The van der Waals surface area contributed by atoms with Crippen LogP contribution in [0.3, 0.4) is 0 Å². The molecule has 57 heavy (non-hydrogen) atoms. The number of hydrogen-bond acceptors (Lipinski definition) is 9. The molecule has 5 N–H and O–H groups in total. The first-order valence-electron chi connectivity index (χ1n) is 18.0. The van der Waals surface area contributed by atoms with E-state index in [1.165, 1.54) is 0 Å². The fraction of sp³-hybridized carbons (Fsp3) is 0.590. The van der Waals surface area contributed by atoms with E-state index in [1.807, 2.05) is 48.5 Å². The summed E-state index contributed by atoms with van der Waals surface area (Å²) >= 11 is 10.9. The number of ether oxygens (including phenoxy) is 4. The van der Waals surface area contributed by atoms with Crippen LogP contribution in [0.25, 0.3) is 0 Å². The highest BCUT2D eigenvalue weighted by Gasteiger charge is 2.47. The molecular formula is C39H53Cl2F4N3O9. The molecule has 0 aliphatic carbocycles. The number of nitrogens with one attached hydrogen (secondary N) is 2. The van der Waals surface area contributed by atoms with E-state index in [4.69, 9.17) is 53.0 Å². The largest absolute Gasteiger partial charge is 0.478 e. The van der Waals surface area contributed by atoms with Crippen molar-refractivity contribution in [2.45, 2.75) is 105 Å². The number of rotatable bonds is 10. The smallest absolute Gasteiger partial charge is 0.338 e. The van der Waals surface area contributed by atoms with Gasteiger partial charge in [-0.1, -0.05) is 57.8 Å². The summed E-state index contributed by atoms with van der Waals surface area (Å²) in [5.41, 5.74) is 3.87. The lowest BCUT2D eigenvalue weighted by molar-refractivity contribution is -0.304. The molecule has 4 atom stereocenters. The molecule has 12 nitrogen and oxygen atoms in total. The summed E-state index contributed by atoms with van der Waals surface area (Å²) in [6.07, 6.45) is -1.24. The highest BCUT2D eigenvalue weighted by atomic mass is 35.5. The Morgan fingerprint density at radius 1 is 0.719 bits per heavy atom. The van der Waals surface area contributed by atoms with Gasteiger partial charge in [0.05, 0.1) is 34.4 Å². The molecule has 0 unspecified atom stereocenters. The zero-order valence-electron chi connectivity index (χ0n) is 33.7. The zero-order chi connectivity index (χ0) is 43.8. The molecule has 320 valence electrons. The summed E-state index contributed by atoms with van der Waals surface area (Å²) in [5.74, 6) is -8.23. The SMILES string of the molecule is C[C@@H](CNC(=O)[C@@H]1OC(C)(C)OCC1(C)C)CC(=O)c1cc(Cl)c(F)cc1F.C[C@H](N)CNC(=O)[C@@H]1OC(C)(C)OCC1(C)C.O=C(O)c1cc(Cl)c(F)cc1F. The lowest BCUT2D eigenvalue weighted by Crippen LogP contribution is -2.57. The third-order valence-corrected chi connectivity index (χ3v) is 9.17. The summed E-state index contributed by atoms with van der Waals surface area (Å²) in [4.78, 5) is 47.2. The molecule has 2 amide bonds. The van der Waals surface area contributed by atoms with Crippen LogP contribution in [0, 0.1) is 40.0 Å². The van der Waals surface area contributed by atoms with Crippen molar-refractivity contribution in [3.05, 3.63) is 68.7 Å². The number of benzene rings is 2. The second-order valence-corrected chi connectivity index (χ2v) is 17.2. The normalized spacial score (nSPS) is 21.3. The molecule has 2 aromatic rings. The van der Waals surface area contributed by atoms with Crippen LogP contribution in [-0.2, 0) is 28.5 Å². The Bertz CT molecular complexity index is 1780. The van der Waals surface area contributed by atoms with E-state index in [-0.39, 0.29) is 52.7 Å². The highest BCUT2D eigenvalue weighted by molar-refractivity contribution is 6.31. The fourth-order valence-corrected chi connectivity index (χ4v) is 5.61. The van der Waals surface area contributed by atoms with Gasteiger partial charge >= 0.3 is 5.97 Å². The van der Waals surface area contributed by atoms with Crippen LogP contribution in [0.2, 0.25) is 10.0 Å². The van der Waals surface area contributed by atoms with E-state index >= 15 is 0 Å². The monoisotopic (exact) mass is 853 g/mol. The van der Waals surface area contributed by atoms with Crippen LogP contribution >= 0.6 is 23.2 Å². The summed E-state index contributed by atoms with van der Waals surface area (Å²) in [6, 6.07) is 2.68. The summed E-state index contributed by atoms with van der Waals surface area (Å²) in [6.45, 7) is 19.9. The molecule has 0 aromatic heterocycles. The highest BCUT2D eigenvalue weighted by Crippen LogP contribution is 2.36. The number of hydrogen-bond donors (Lipinski definition) is 4. The Hall–Kier alpha value is -3.38. The molecule has 4 rings (SSSR count). The molecule has 2 fully saturated rings. The van der Waals surface area contributed by atoms with E-state index in [2.05, 4.69) is 10.6 Å². The number of halogens is 6. The molecule has 2 aromatic carbocycles. The second-order valence-electron chi connectivity index (χ2n) is 16.3. The van der Waals surface area contributed by atoms with Crippen molar-refractivity contribution >= 4 is 46.8 Å². The van der Waals surface area contributed by atoms with Gasteiger partial charge in [0.15, 0.2) is 17.4 Å². The molecule has 0 bridgehead atoms. The average molecular weight is 855 g/mol. The Labute approximate surface area is 340 Å². The van der Waals surface area contributed by atoms with Crippen molar-refractivity contribution in [1.29, 1.82) is 0 Å². The average Bonchev–Trinajstić information content (AvgIpc) is 3.08. The van der Waals surface area contributed by atoms with Crippen molar-refractivity contribution in [1.82, 2.24) is 10.6 Å². The van der Waals surface area contributed by atoms with Gasteiger partial charge in [0, 0.05) is 48.5 Å². The topological polar surface area (TPSA) is 176 Å². The molecule has 2 heterocycles. The summed E-state index contributed by atoms with van der Waals surface area (Å²) in [5, 5.41) is 13.2. The van der Waals surface area contributed by atoms with Gasteiger partial charge in [-0.2, -0.15) is 0 Å². The van der Waals surface area contributed by atoms with E-state index in [9.17, 15) is 36.7 Å². The van der Waals surface area contributed by atoms with Crippen LogP contribution in [0.4, 0.5) is 17.6 Å². The lowest BCUT2D eigenvalue weighted by atomic mass is 9.85. The number of carbonyl (C=O) groups excluding carboxylic acids is 3. The van der Waals surface area contributed by atoms with Crippen LogP contribution in [-0.4, -0.2) is 84.8 Å². The first-order chi connectivity index (χ1) is 26.0. The molecule has 2 aliphatic heterocycles. The number of carbonyl (C=O) groups is 4. The van der Waals surface area contributed by atoms with Gasteiger partial charge in [0.25, 0.3) is 0 Å². The van der Waals surface area contributed by atoms with Gasteiger partial charge in [0.2, 0.25) is 11.8 Å². The molecule has 0 radical (unpaired) electrons. The number of amides is 2. The van der Waals surface area contributed by atoms with Gasteiger partial charge in [0.1, 0.15) is 35.5 Å². The van der Waals surface area contributed by atoms with E-state index in [1.54, 1.807) is 20.8 Å². The first-order valence-corrected chi connectivity index (χ1v) is 18.7. The maximum atomic E-state index is 13.8. The van der Waals surface area contributed by atoms with E-state index < -0.39 is 74.8 Å². The maximum Gasteiger partial charge on any atom is 0.338 e. The van der Waals surface area contributed by atoms with Gasteiger partial charge < -0.3 is 40.4 Å². The van der Waals surface area contributed by atoms with Crippen molar-refractivity contribution in [2.24, 2.45) is 22.5 Å². The minimum Gasteiger partial charge on any atom is -0.478 e. The van der Waals surface area contributed by atoms with Gasteiger partial charge in [-0.25, -0.2) is 22.4 Å². The van der Waals surface area contributed by atoms with Crippen LogP contribution in [0.15, 0.2) is 24.3 Å². The second kappa shape index (κ2) is 20.1. The fourth-order valence-electron chi connectivity index (χ4n) is 5.29. The molecule has 18 heteroatoms. The summed E-state index contributed by atoms with van der Waals surface area (Å²) < 4.78 is 74.8. The number of nitrogens with two attached hydrogens (primary N) is 1. The third kappa shape index (κ3) is 15.1. The zero-order valence-corrected chi connectivity index (χ0v) is 35.2. The Kier molecular flexibility index (Phi) is 17.5. The number of aromatic carboxylic acids is 1. The molecule has 2 aliphatic rings. The molecule has 0 saturated carbocycles. The minimum absolute atomic E-state index is 0.0251. The minimum atomic E-state index is -1.48. The standard InChI is InChI=1S/C20H26ClF2NO4.C12H24N2O3.C7H3ClF2O2/c1-11(6-16(25)12-7-13(21)15(23)8-14(12)22)9-24-18(26)17-19(2,3)10-27-20(4,5)28-17;1-8(13)6-14-10(15)9-11(2,3)7-16-12(4,5)17-9;8-4-1-3(7(11)12)5(9)2-6(4)10/h7-8,11,17H,6,9-10H2,1-5H3,(H,24,26);8-9H,6-7,13H2,1-5H3,(H,14,15);1-2H,(H,11,12)/t11-,17+;8-,9-;/m10./s1. The Morgan fingerprint density at radius 2 is 1.11 bits per heavy atom. The third-order valence-electron chi connectivity index (χ3n) is 8.59. The Balaban J connectivity index is 0.000000327. The maximum absolute atomic E-state index is 13.8. The molecular weight excluding hydrogens is 801 g/mol. The molecule has 2 saturated heterocycles. The van der Waals surface area contributed by atoms with Crippen LogP contribution in [0.1, 0.15) is 96.4 Å². The van der Waals surface area contributed by atoms with Crippen molar-refractivity contribution in [2.75, 3.05) is 26.3 Å². The molecule has 0 spiro atoms. The number of carboxylic acid groups (broad SMARTS) is 1. The van der Waals surface area contributed by atoms with Crippen LogP contribution < -0.4 is 16.4 Å². The van der Waals surface area contributed by atoms with Crippen molar-refractivity contribution in [3.63, 3.8) is 0 Å². The Morgan fingerprint density at radius 3 is 1.51 bits per heavy atom. The van der Waals surface area contributed by atoms with E-state index in [0.29, 0.717) is 31.9 Å². The number of Topliss-reactive ketones (excluding diaryl/α,β-unsaturated/α-hetero) is 1. The summed E-state index contributed by atoms with van der Waals surface area (Å²) in [7, 11) is 0. The first kappa shape index (κ1) is 49.8. The van der Waals surface area contributed by atoms with E-state index in [0.717, 1.165) is 12.1 Å².